The third kappa shape index (κ3) is 2.16. The van der Waals surface area contributed by atoms with Crippen molar-refractivity contribution < 1.29 is 9.90 Å². The SMILES string of the molecule is Cc1cc2c(N3CCCCC3C(=O)O)ncnc2s1. The van der Waals surface area contributed by atoms with Gasteiger partial charge < -0.3 is 10.0 Å². The Balaban J connectivity index is 2.09. The van der Waals surface area contributed by atoms with Gasteiger partial charge in [0.15, 0.2) is 0 Å². The molecule has 3 heterocycles. The molecule has 19 heavy (non-hydrogen) atoms. The first-order valence-electron chi connectivity index (χ1n) is 6.37. The Labute approximate surface area is 114 Å². The van der Waals surface area contributed by atoms with Gasteiger partial charge >= 0.3 is 5.97 Å². The van der Waals surface area contributed by atoms with Gasteiger partial charge in [-0.1, -0.05) is 0 Å². The molecule has 1 aliphatic rings. The van der Waals surface area contributed by atoms with Crippen molar-refractivity contribution in [3.05, 3.63) is 17.3 Å². The van der Waals surface area contributed by atoms with Gasteiger partial charge in [0.25, 0.3) is 0 Å². The van der Waals surface area contributed by atoms with Gasteiger partial charge in [-0.2, -0.15) is 0 Å². The molecule has 2 aromatic rings. The van der Waals surface area contributed by atoms with Crippen molar-refractivity contribution in [2.45, 2.75) is 32.2 Å². The second-order valence-electron chi connectivity index (χ2n) is 4.82. The normalized spacial score (nSPS) is 19.8. The molecule has 6 heteroatoms. The largest absolute Gasteiger partial charge is 0.480 e. The fourth-order valence-electron chi connectivity index (χ4n) is 2.63. The van der Waals surface area contributed by atoms with Gasteiger partial charge in [-0.25, -0.2) is 14.8 Å². The van der Waals surface area contributed by atoms with Gasteiger partial charge in [0.1, 0.15) is 23.0 Å². The molecule has 0 saturated carbocycles. The average molecular weight is 277 g/mol. The van der Waals surface area contributed by atoms with E-state index in [-0.39, 0.29) is 0 Å². The summed E-state index contributed by atoms with van der Waals surface area (Å²) in [5, 5.41) is 10.3. The molecule has 0 aromatic carbocycles. The van der Waals surface area contributed by atoms with Crippen LogP contribution in [0.5, 0.6) is 0 Å². The Morgan fingerprint density at radius 3 is 3.11 bits per heavy atom. The van der Waals surface area contributed by atoms with Crippen LogP contribution < -0.4 is 4.90 Å². The highest BCUT2D eigenvalue weighted by molar-refractivity contribution is 7.18. The standard InChI is InChI=1S/C13H15N3O2S/c1-8-6-9-11(14-7-15-12(9)19-8)16-5-3-2-4-10(16)13(17)18/h6-7,10H,2-5H2,1H3,(H,17,18). The number of nitrogens with zero attached hydrogens (tertiary/aromatic N) is 3. The number of carboxylic acid groups (broad SMARTS) is 1. The molecule has 1 atom stereocenters. The molecule has 0 spiro atoms. The summed E-state index contributed by atoms with van der Waals surface area (Å²) in [6.45, 7) is 2.78. The lowest BCUT2D eigenvalue weighted by molar-refractivity contribution is -0.139. The maximum atomic E-state index is 11.4. The van der Waals surface area contributed by atoms with Crippen LogP contribution in [0.15, 0.2) is 12.4 Å². The third-order valence-electron chi connectivity index (χ3n) is 3.49. The maximum Gasteiger partial charge on any atom is 0.326 e. The Bertz CT molecular complexity index is 625. The van der Waals surface area contributed by atoms with Crippen molar-refractivity contribution in [1.29, 1.82) is 0 Å². The number of hydrogen-bond acceptors (Lipinski definition) is 5. The van der Waals surface area contributed by atoms with Gasteiger partial charge in [-0.3, -0.25) is 0 Å². The summed E-state index contributed by atoms with van der Waals surface area (Å²) in [5.74, 6) is -0.000126. The Morgan fingerprint density at radius 1 is 1.47 bits per heavy atom. The molecule has 1 N–H and O–H groups in total. The molecule has 1 fully saturated rings. The first-order chi connectivity index (χ1) is 9.16. The van der Waals surface area contributed by atoms with E-state index in [1.165, 1.54) is 11.2 Å². The van der Waals surface area contributed by atoms with Crippen LogP contribution in [-0.4, -0.2) is 33.6 Å². The molecule has 0 radical (unpaired) electrons. The van der Waals surface area contributed by atoms with Gasteiger partial charge in [0.2, 0.25) is 0 Å². The van der Waals surface area contributed by atoms with Crippen LogP contribution in [-0.2, 0) is 4.79 Å². The highest BCUT2D eigenvalue weighted by Gasteiger charge is 2.30. The molecule has 2 aromatic heterocycles. The van der Waals surface area contributed by atoms with Crippen LogP contribution in [0.25, 0.3) is 10.2 Å². The van der Waals surface area contributed by atoms with Gasteiger partial charge in [0.05, 0.1) is 5.39 Å². The van der Waals surface area contributed by atoms with Gasteiger partial charge in [-0.15, -0.1) is 11.3 Å². The zero-order valence-electron chi connectivity index (χ0n) is 10.7. The van der Waals surface area contributed by atoms with Gasteiger partial charge in [-0.05, 0) is 32.3 Å². The van der Waals surface area contributed by atoms with E-state index >= 15 is 0 Å². The van der Waals surface area contributed by atoms with Crippen LogP contribution in [0.3, 0.4) is 0 Å². The smallest absolute Gasteiger partial charge is 0.326 e. The monoisotopic (exact) mass is 277 g/mol. The van der Waals surface area contributed by atoms with Crippen molar-refractivity contribution in [1.82, 2.24) is 9.97 Å². The molecule has 3 rings (SSSR count). The topological polar surface area (TPSA) is 66.3 Å². The zero-order chi connectivity index (χ0) is 13.4. The second-order valence-corrected chi connectivity index (χ2v) is 6.05. The number of anilines is 1. The quantitative estimate of drug-likeness (QED) is 0.913. The molecule has 0 amide bonds. The fourth-order valence-corrected chi connectivity index (χ4v) is 3.48. The number of hydrogen-bond donors (Lipinski definition) is 1. The van der Waals surface area contributed by atoms with Crippen LogP contribution in [0, 0.1) is 6.92 Å². The zero-order valence-corrected chi connectivity index (χ0v) is 11.5. The summed E-state index contributed by atoms with van der Waals surface area (Å²) in [4.78, 5) is 24.0. The number of carbonyl (C=O) groups is 1. The predicted molar refractivity (Wildman–Crippen MR) is 74.8 cm³/mol. The van der Waals surface area contributed by atoms with Crippen LogP contribution in [0.2, 0.25) is 0 Å². The number of aliphatic carboxylic acids is 1. The highest BCUT2D eigenvalue weighted by atomic mass is 32.1. The first kappa shape index (κ1) is 12.3. The van der Waals surface area contributed by atoms with E-state index in [1.807, 2.05) is 17.9 Å². The van der Waals surface area contributed by atoms with Crippen LogP contribution in [0.1, 0.15) is 24.1 Å². The molecule has 100 valence electrons. The van der Waals surface area contributed by atoms with E-state index in [2.05, 4.69) is 9.97 Å². The molecule has 1 unspecified atom stereocenters. The van der Waals surface area contributed by atoms with E-state index in [0.717, 1.165) is 35.4 Å². The van der Waals surface area contributed by atoms with Crippen LogP contribution in [0.4, 0.5) is 5.82 Å². The Hall–Kier alpha value is -1.69. The minimum atomic E-state index is -0.765. The lowest BCUT2D eigenvalue weighted by atomic mass is 10.0. The average Bonchev–Trinajstić information content (AvgIpc) is 2.78. The Kier molecular flexibility index (Phi) is 3.10. The number of carboxylic acids is 1. The summed E-state index contributed by atoms with van der Waals surface area (Å²) in [5.41, 5.74) is 0. The van der Waals surface area contributed by atoms with Crippen molar-refractivity contribution in [3.8, 4) is 0 Å². The maximum absolute atomic E-state index is 11.4. The molecule has 0 aliphatic carbocycles. The summed E-state index contributed by atoms with van der Waals surface area (Å²) in [6.07, 6.45) is 4.19. The second kappa shape index (κ2) is 4.77. The number of rotatable bonds is 2. The third-order valence-corrected chi connectivity index (χ3v) is 4.45. The minimum Gasteiger partial charge on any atom is -0.480 e. The highest BCUT2D eigenvalue weighted by Crippen LogP contribution is 2.32. The number of thiophene rings is 1. The van der Waals surface area contributed by atoms with Crippen molar-refractivity contribution in [2.24, 2.45) is 0 Å². The molecule has 0 bridgehead atoms. The van der Waals surface area contributed by atoms with E-state index in [4.69, 9.17) is 0 Å². The van der Waals surface area contributed by atoms with Crippen molar-refractivity contribution >= 4 is 33.3 Å². The predicted octanol–water partition coefficient (Wildman–Crippen LogP) is 2.44. The fraction of sp³-hybridized carbons (Fsp3) is 0.462. The summed E-state index contributed by atoms with van der Waals surface area (Å²) in [6, 6.07) is 1.58. The molecule has 5 nitrogen and oxygen atoms in total. The minimum absolute atomic E-state index is 0.466. The van der Waals surface area contributed by atoms with Crippen LogP contribution >= 0.6 is 11.3 Å². The number of aromatic nitrogens is 2. The van der Waals surface area contributed by atoms with Gasteiger partial charge in [0, 0.05) is 11.4 Å². The van der Waals surface area contributed by atoms with E-state index in [9.17, 15) is 9.90 Å². The van der Waals surface area contributed by atoms with E-state index in [0.29, 0.717) is 6.42 Å². The Morgan fingerprint density at radius 2 is 2.32 bits per heavy atom. The molecular formula is C13H15N3O2S. The lowest BCUT2D eigenvalue weighted by Gasteiger charge is -2.34. The summed E-state index contributed by atoms with van der Waals surface area (Å²) in [7, 11) is 0. The molecular weight excluding hydrogens is 262 g/mol. The van der Waals surface area contributed by atoms with E-state index in [1.54, 1.807) is 11.3 Å². The molecule has 1 saturated heterocycles. The lowest BCUT2D eigenvalue weighted by Crippen LogP contribution is -2.45. The first-order valence-corrected chi connectivity index (χ1v) is 7.19. The van der Waals surface area contributed by atoms with Crippen molar-refractivity contribution in [3.63, 3.8) is 0 Å². The number of fused-ring (bicyclic) bond motifs is 1. The summed E-state index contributed by atoms with van der Waals surface area (Å²) >= 11 is 1.61. The van der Waals surface area contributed by atoms with Crippen molar-refractivity contribution in [2.75, 3.05) is 11.4 Å². The number of piperidine rings is 1. The number of aryl methyl sites for hydroxylation is 1. The van der Waals surface area contributed by atoms with E-state index < -0.39 is 12.0 Å². The summed E-state index contributed by atoms with van der Waals surface area (Å²) < 4.78 is 0. The molecule has 1 aliphatic heterocycles.